The van der Waals surface area contributed by atoms with E-state index in [1.165, 1.54) is 22.3 Å². The van der Waals surface area contributed by atoms with Crippen molar-refractivity contribution in [3.8, 4) is 11.1 Å². The number of hydrogen-bond acceptors (Lipinski definition) is 2. The highest BCUT2D eigenvalue weighted by Crippen LogP contribution is 2.37. The maximum Gasteiger partial charge on any atom is 0.224 e. The molecule has 3 nitrogen and oxygen atoms in total. The molecule has 0 spiro atoms. The van der Waals surface area contributed by atoms with Crippen LogP contribution in [0, 0.1) is 0 Å². The number of fused-ring (bicyclic) bond motifs is 3. The quantitative estimate of drug-likeness (QED) is 0.705. The van der Waals surface area contributed by atoms with Crippen LogP contribution in [-0.4, -0.2) is 19.5 Å². The maximum absolute atomic E-state index is 11.9. The molecule has 2 aromatic carbocycles. The van der Waals surface area contributed by atoms with Crippen molar-refractivity contribution in [2.24, 2.45) is 0 Å². The molecule has 0 unspecified atom stereocenters. The fourth-order valence-electron chi connectivity index (χ4n) is 2.87. The van der Waals surface area contributed by atoms with Gasteiger partial charge in [-0.3, -0.25) is 4.79 Å². The Morgan fingerprint density at radius 2 is 1.90 bits per heavy atom. The average molecular weight is 280 g/mol. The van der Waals surface area contributed by atoms with E-state index >= 15 is 0 Å². The molecule has 0 radical (unpaired) electrons. The van der Waals surface area contributed by atoms with Crippen LogP contribution in [-0.2, 0) is 11.2 Å². The van der Waals surface area contributed by atoms with Crippen LogP contribution in [0.3, 0.4) is 0 Å². The second-order valence-corrected chi connectivity index (χ2v) is 5.46. The maximum atomic E-state index is 11.9. The van der Waals surface area contributed by atoms with E-state index in [2.05, 4.69) is 47.0 Å². The van der Waals surface area contributed by atoms with Crippen molar-refractivity contribution >= 4 is 11.6 Å². The van der Waals surface area contributed by atoms with Crippen molar-refractivity contribution in [2.45, 2.75) is 19.3 Å². The molecule has 3 heteroatoms. The van der Waals surface area contributed by atoms with Gasteiger partial charge in [0.15, 0.2) is 0 Å². The molecule has 0 saturated carbocycles. The molecular formula is C18H20N2O. The van der Waals surface area contributed by atoms with E-state index in [-0.39, 0.29) is 5.91 Å². The number of rotatable bonds is 5. The summed E-state index contributed by atoms with van der Waals surface area (Å²) in [5, 5.41) is 6.04. The molecule has 3 rings (SSSR count). The van der Waals surface area contributed by atoms with E-state index in [1.54, 1.807) is 0 Å². The summed E-state index contributed by atoms with van der Waals surface area (Å²) >= 11 is 0. The minimum atomic E-state index is 0.0840. The summed E-state index contributed by atoms with van der Waals surface area (Å²) in [6.07, 6.45) is 2.37. The molecule has 0 aliphatic heterocycles. The zero-order chi connectivity index (χ0) is 14.7. The monoisotopic (exact) mass is 280 g/mol. The molecule has 1 aliphatic rings. The molecular weight excluding hydrogens is 260 g/mol. The summed E-state index contributed by atoms with van der Waals surface area (Å²) in [5.74, 6) is 0.0840. The Balaban J connectivity index is 1.71. The average Bonchev–Trinajstić information content (AvgIpc) is 2.85. The number of amides is 1. The first-order valence-electron chi connectivity index (χ1n) is 7.43. The predicted octanol–water partition coefficient (Wildman–Crippen LogP) is 3.20. The number of carbonyl (C=O) groups excluding carboxylic acids is 1. The topological polar surface area (TPSA) is 41.1 Å². The van der Waals surface area contributed by atoms with E-state index in [9.17, 15) is 4.79 Å². The third kappa shape index (κ3) is 2.98. The van der Waals surface area contributed by atoms with E-state index in [1.807, 2.05) is 13.1 Å². The summed E-state index contributed by atoms with van der Waals surface area (Å²) in [4.78, 5) is 11.9. The van der Waals surface area contributed by atoms with Gasteiger partial charge in [-0.05, 0) is 60.8 Å². The molecule has 2 aromatic rings. The Labute approximate surface area is 125 Å². The van der Waals surface area contributed by atoms with Gasteiger partial charge in [0.2, 0.25) is 5.91 Å². The van der Waals surface area contributed by atoms with Crippen molar-refractivity contribution < 1.29 is 4.79 Å². The highest BCUT2D eigenvalue weighted by atomic mass is 16.1. The Hall–Kier alpha value is -2.13. The van der Waals surface area contributed by atoms with Gasteiger partial charge in [-0.2, -0.15) is 0 Å². The fraction of sp³-hybridized carbons (Fsp3) is 0.278. The van der Waals surface area contributed by atoms with Gasteiger partial charge >= 0.3 is 0 Å². The summed E-state index contributed by atoms with van der Waals surface area (Å²) in [7, 11) is 1.90. The molecule has 0 atom stereocenters. The largest absolute Gasteiger partial charge is 0.326 e. The summed E-state index contributed by atoms with van der Waals surface area (Å²) in [5.41, 5.74) is 6.17. The molecule has 0 aromatic heterocycles. The van der Waals surface area contributed by atoms with Crippen molar-refractivity contribution in [3.63, 3.8) is 0 Å². The first-order chi connectivity index (χ1) is 10.3. The lowest BCUT2D eigenvalue weighted by molar-refractivity contribution is -0.116. The minimum Gasteiger partial charge on any atom is -0.326 e. The lowest BCUT2D eigenvalue weighted by Gasteiger charge is -2.07. The predicted molar refractivity (Wildman–Crippen MR) is 86.5 cm³/mol. The van der Waals surface area contributed by atoms with Gasteiger partial charge in [-0.25, -0.2) is 0 Å². The minimum absolute atomic E-state index is 0.0840. The highest BCUT2D eigenvalue weighted by Gasteiger charge is 2.18. The van der Waals surface area contributed by atoms with Crippen LogP contribution < -0.4 is 10.6 Å². The van der Waals surface area contributed by atoms with Crippen LogP contribution in [0.25, 0.3) is 11.1 Å². The Morgan fingerprint density at radius 1 is 1.10 bits per heavy atom. The van der Waals surface area contributed by atoms with Crippen LogP contribution in [0.2, 0.25) is 0 Å². The van der Waals surface area contributed by atoms with Gasteiger partial charge in [0.1, 0.15) is 0 Å². The second kappa shape index (κ2) is 6.10. The third-order valence-electron chi connectivity index (χ3n) is 3.91. The smallest absolute Gasteiger partial charge is 0.224 e. The van der Waals surface area contributed by atoms with Crippen molar-refractivity contribution in [3.05, 3.63) is 53.6 Å². The normalized spacial score (nSPS) is 11.9. The molecule has 0 bridgehead atoms. The number of anilines is 1. The lowest BCUT2D eigenvalue weighted by Crippen LogP contribution is -2.15. The van der Waals surface area contributed by atoms with E-state index in [4.69, 9.17) is 0 Å². The van der Waals surface area contributed by atoms with Crippen LogP contribution in [0.5, 0.6) is 0 Å². The fourth-order valence-corrected chi connectivity index (χ4v) is 2.87. The molecule has 1 amide bonds. The third-order valence-corrected chi connectivity index (χ3v) is 3.91. The van der Waals surface area contributed by atoms with Gasteiger partial charge in [-0.15, -0.1) is 0 Å². The Morgan fingerprint density at radius 3 is 2.76 bits per heavy atom. The van der Waals surface area contributed by atoms with Crippen molar-refractivity contribution in [1.82, 2.24) is 5.32 Å². The molecule has 1 aliphatic carbocycles. The summed E-state index contributed by atoms with van der Waals surface area (Å²) in [6.45, 7) is 0.868. The van der Waals surface area contributed by atoms with Gasteiger partial charge in [0, 0.05) is 12.1 Å². The number of hydrogen-bond donors (Lipinski definition) is 2. The second-order valence-electron chi connectivity index (χ2n) is 5.46. The van der Waals surface area contributed by atoms with Crippen LogP contribution in [0.15, 0.2) is 42.5 Å². The van der Waals surface area contributed by atoms with Crippen molar-refractivity contribution in [1.29, 1.82) is 0 Å². The van der Waals surface area contributed by atoms with Gasteiger partial charge in [-0.1, -0.05) is 30.3 Å². The van der Waals surface area contributed by atoms with Gasteiger partial charge in [0.25, 0.3) is 0 Å². The molecule has 0 saturated heterocycles. The van der Waals surface area contributed by atoms with Crippen LogP contribution in [0.4, 0.5) is 5.69 Å². The zero-order valence-corrected chi connectivity index (χ0v) is 12.3. The zero-order valence-electron chi connectivity index (χ0n) is 12.3. The molecule has 21 heavy (non-hydrogen) atoms. The van der Waals surface area contributed by atoms with E-state index < -0.39 is 0 Å². The lowest BCUT2D eigenvalue weighted by atomic mass is 10.1. The number of nitrogens with one attached hydrogen (secondary N) is 2. The highest BCUT2D eigenvalue weighted by molar-refractivity contribution is 5.91. The van der Waals surface area contributed by atoms with Crippen LogP contribution >= 0.6 is 0 Å². The Bertz CT molecular complexity index is 664. The first kappa shape index (κ1) is 13.8. The molecule has 108 valence electrons. The number of carbonyl (C=O) groups is 1. The molecule has 2 N–H and O–H groups in total. The van der Waals surface area contributed by atoms with E-state index in [0.717, 1.165) is 25.1 Å². The Kier molecular flexibility index (Phi) is 4.02. The number of benzene rings is 2. The first-order valence-corrected chi connectivity index (χ1v) is 7.43. The van der Waals surface area contributed by atoms with Gasteiger partial charge < -0.3 is 10.6 Å². The molecule has 0 fully saturated rings. The van der Waals surface area contributed by atoms with Crippen LogP contribution in [0.1, 0.15) is 24.0 Å². The molecule has 0 heterocycles. The SMILES string of the molecule is CNCCCC(=O)Nc1ccc2c(c1)Cc1ccccc1-2. The summed E-state index contributed by atoms with van der Waals surface area (Å²) < 4.78 is 0. The van der Waals surface area contributed by atoms with Gasteiger partial charge in [0.05, 0.1) is 0 Å². The summed E-state index contributed by atoms with van der Waals surface area (Å²) in [6, 6.07) is 14.7. The standard InChI is InChI=1S/C18H20N2O/c1-19-10-4-7-18(21)20-15-8-9-17-14(12-15)11-13-5-2-3-6-16(13)17/h2-3,5-6,8-9,12,19H,4,7,10-11H2,1H3,(H,20,21). The van der Waals surface area contributed by atoms with Crippen molar-refractivity contribution in [2.75, 3.05) is 18.9 Å². The van der Waals surface area contributed by atoms with E-state index in [0.29, 0.717) is 6.42 Å².